The Hall–Kier alpha value is -3.76. The molecule has 0 spiro atoms. The van der Waals surface area contributed by atoms with E-state index in [1.807, 2.05) is 0 Å². The molecular weight excluding hydrogens is 362 g/mol. The van der Waals surface area contributed by atoms with Gasteiger partial charge in [0.2, 0.25) is 0 Å². The first-order valence-electron chi connectivity index (χ1n) is 8.67. The Labute approximate surface area is 159 Å². The van der Waals surface area contributed by atoms with Crippen LogP contribution in [-0.4, -0.2) is 52.7 Å². The average Bonchev–Trinajstić information content (AvgIpc) is 3.20. The summed E-state index contributed by atoms with van der Waals surface area (Å²) in [7, 11) is 0. The van der Waals surface area contributed by atoms with E-state index in [0.29, 0.717) is 10.9 Å². The van der Waals surface area contributed by atoms with Crippen LogP contribution in [0.1, 0.15) is 41.8 Å². The minimum absolute atomic E-state index is 0.0965. The normalized spacial score (nSPS) is 15.7. The number of carbonyl (C=O) groups excluding carboxylic acids is 1. The zero-order chi connectivity index (χ0) is 20.0. The van der Waals surface area contributed by atoms with Crippen LogP contribution in [0.25, 0.3) is 16.9 Å². The van der Waals surface area contributed by atoms with E-state index < -0.39 is 5.91 Å². The van der Waals surface area contributed by atoms with Gasteiger partial charge in [-0.1, -0.05) is 0 Å². The number of pyridine rings is 1. The summed E-state index contributed by atoms with van der Waals surface area (Å²) < 4.78 is 1.37. The minimum atomic E-state index is -0.666. The summed E-state index contributed by atoms with van der Waals surface area (Å²) in [6, 6.07) is 1.85. The molecule has 4 rings (SSSR count). The number of H-pyrrole nitrogens is 1. The van der Waals surface area contributed by atoms with Gasteiger partial charge in [0.05, 0.1) is 17.8 Å². The molecule has 0 aromatic carbocycles. The van der Waals surface area contributed by atoms with Gasteiger partial charge < -0.3 is 16.6 Å². The Balaban J connectivity index is 1.83. The maximum atomic E-state index is 11.8. The van der Waals surface area contributed by atoms with E-state index in [9.17, 15) is 9.90 Å². The van der Waals surface area contributed by atoms with Crippen LogP contribution in [0.2, 0.25) is 0 Å². The molecule has 0 aliphatic heterocycles. The average molecular weight is 381 g/mol. The molecule has 3 heterocycles. The first-order valence-corrected chi connectivity index (χ1v) is 8.67. The molecule has 0 bridgehead atoms. The molecule has 1 fully saturated rings. The van der Waals surface area contributed by atoms with Gasteiger partial charge in [-0.05, 0) is 32.8 Å². The number of allylic oxidation sites excluding steroid dienone is 2. The van der Waals surface area contributed by atoms with Crippen molar-refractivity contribution in [1.29, 1.82) is 0 Å². The highest BCUT2D eigenvalue weighted by Crippen LogP contribution is 2.26. The van der Waals surface area contributed by atoms with Gasteiger partial charge in [-0.25, -0.2) is 0 Å². The van der Waals surface area contributed by atoms with Crippen molar-refractivity contribution in [2.75, 3.05) is 0 Å². The molecule has 1 saturated carbocycles. The lowest BCUT2D eigenvalue weighted by Gasteiger charge is -2.04. The number of aromatic nitrogens is 6. The zero-order valence-electron chi connectivity index (χ0n) is 15.3. The summed E-state index contributed by atoms with van der Waals surface area (Å²) in [5.41, 5.74) is 13.0. The standard InChI is InChI=1S/C17H19N9O2/c1-7-5-10-11(6-20-7)26(25-12(10)15(19)28)17-22-16(23-24-17)13(14(27)8(2)18)21-9-3-4-9/h5-6,9,27H,3-4,18H2,1-2H3,(H2,19,28)(H,22,23,24). The monoisotopic (exact) mass is 381 g/mol. The van der Waals surface area contributed by atoms with Crippen molar-refractivity contribution < 1.29 is 9.90 Å². The molecule has 1 aliphatic carbocycles. The van der Waals surface area contributed by atoms with Gasteiger partial charge in [-0.3, -0.25) is 19.9 Å². The molecule has 3 aromatic rings. The molecule has 1 amide bonds. The third-order valence-corrected chi connectivity index (χ3v) is 4.28. The number of nitrogens with two attached hydrogens (primary N) is 2. The lowest BCUT2D eigenvalue weighted by Crippen LogP contribution is -2.14. The van der Waals surface area contributed by atoms with Crippen LogP contribution >= 0.6 is 0 Å². The number of aliphatic imine (C=N–C) groups is 1. The van der Waals surface area contributed by atoms with E-state index >= 15 is 0 Å². The number of nitrogens with one attached hydrogen (secondary N) is 1. The summed E-state index contributed by atoms with van der Waals surface area (Å²) in [5.74, 6) is -0.423. The maximum Gasteiger partial charge on any atom is 0.270 e. The Kier molecular flexibility index (Phi) is 4.06. The summed E-state index contributed by atoms with van der Waals surface area (Å²) in [6.45, 7) is 3.38. The number of rotatable bonds is 5. The van der Waals surface area contributed by atoms with Crippen LogP contribution in [-0.2, 0) is 0 Å². The quantitative estimate of drug-likeness (QED) is 0.370. The highest BCUT2D eigenvalue weighted by molar-refractivity contribution is 6.09. The van der Waals surface area contributed by atoms with Gasteiger partial charge in [-0.15, -0.1) is 5.10 Å². The lowest BCUT2D eigenvalue weighted by molar-refractivity contribution is 0.0996. The van der Waals surface area contributed by atoms with Gasteiger partial charge in [0.1, 0.15) is 5.71 Å². The van der Waals surface area contributed by atoms with Crippen LogP contribution < -0.4 is 11.5 Å². The fourth-order valence-electron chi connectivity index (χ4n) is 2.71. The second-order valence-corrected chi connectivity index (χ2v) is 6.69. The van der Waals surface area contributed by atoms with Crippen molar-refractivity contribution in [2.45, 2.75) is 32.7 Å². The van der Waals surface area contributed by atoms with Crippen molar-refractivity contribution in [3.8, 4) is 5.95 Å². The van der Waals surface area contributed by atoms with E-state index in [1.54, 1.807) is 26.1 Å². The first kappa shape index (κ1) is 17.6. The summed E-state index contributed by atoms with van der Waals surface area (Å²) in [4.78, 5) is 24.9. The van der Waals surface area contributed by atoms with Gasteiger partial charge in [0, 0.05) is 16.8 Å². The third kappa shape index (κ3) is 3.06. The van der Waals surface area contributed by atoms with Crippen LogP contribution in [0, 0.1) is 6.92 Å². The van der Waals surface area contributed by atoms with Crippen LogP contribution in [0.15, 0.2) is 28.7 Å². The molecule has 3 aromatic heterocycles. The predicted octanol–water partition coefficient (Wildman–Crippen LogP) is 0.646. The SMILES string of the molecule is CC(N)=C(O)C(=NC1CC1)c1nc(-n2nc(C(N)=O)c3cc(C)ncc32)n[nH]1. The van der Waals surface area contributed by atoms with Crippen molar-refractivity contribution in [3.63, 3.8) is 0 Å². The molecule has 144 valence electrons. The number of nitrogens with zero attached hydrogens (tertiary/aromatic N) is 6. The fourth-order valence-corrected chi connectivity index (χ4v) is 2.71. The number of primary amides is 1. The highest BCUT2D eigenvalue weighted by atomic mass is 16.3. The Bertz CT molecular complexity index is 1150. The number of hydrogen-bond acceptors (Lipinski definition) is 8. The van der Waals surface area contributed by atoms with E-state index in [1.165, 1.54) is 4.68 Å². The largest absolute Gasteiger partial charge is 0.504 e. The molecule has 1 aliphatic rings. The number of amides is 1. The highest BCUT2D eigenvalue weighted by Gasteiger charge is 2.26. The minimum Gasteiger partial charge on any atom is -0.504 e. The topological polar surface area (TPSA) is 174 Å². The molecule has 6 N–H and O–H groups in total. The third-order valence-electron chi connectivity index (χ3n) is 4.28. The van der Waals surface area contributed by atoms with Crippen molar-refractivity contribution in [2.24, 2.45) is 16.5 Å². The van der Waals surface area contributed by atoms with Gasteiger partial charge in [0.25, 0.3) is 11.9 Å². The van der Waals surface area contributed by atoms with E-state index in [0.717, 1.165) is 18.5 Å². The summed E-state index contributed by atoms with van der Waals surface area (Å²) >= 11 is 0. The molecule has 28 heavy (non-hydrogen) atoms. The van der Waals surface area contributed by atoms with E-state index in [2.05, 4.69) is 30.3 Å². The van der Waals surface area contributed by atoms with Crippen LogP contribution in [0.3, 0.4) is 0 Å². The van der Waals surface area contributed by atoms with Gasteiger partial charge >= 0.3 is 0 Å². The number of aryl methyl sites for hydroxylation is 1. The van der Waals surface area contributed by atoms with Gasteiger partial charge in [-0.2, -0.15) is 14.8 Å². The Morgan fingerprint density at radius 2 is 2.14 bits per heavy atom. The van der Waals surface area contributed by atoms with Crippen molar-refractivity contribution in [1.82, 2.24) is 29.9 Å². The molecule has 0 saturated heterocycles. The van der Waals surface area contributed by atoms with E-state index in [-0.39, 0.29) is 40.7 Å². The number of aromatic amines is 1. The zero-order valence-corrected chi connectivity index (χ0v) is 15.3. The molecular formula is C17H19N9O2. The molecule has 11 heteroatoms. The number of aliphatic hydroxyl groups is 1. The molecule has 0 unspecified atom stereocenters. The predicted molar refractivity (Wildman–Crippen MR) is 101 cm³/mol. The van der Waals surface area contributed by atoms with Crippen LogP contribution in [0.4, 0.5) is 0 Å². The molecule has 0 atom stereocenters. The summed E-state index contributed by atoms with van der Waals surface area (Å²) in [5, 5.41) is 22.0. The second-order valence-electron chi connectivity index (χ2n) is 6.69. The second kappa shape index (κ2) is 6.44. The van der Waals surface area contributed by atoms with E-state index in [4.69, 9.17) is 11.5 Å². The fraction of sp³-hybridized carbons (Fsp3) is 0.294. The van der Waals surface area contributed by atoms with Gasteiger partial charge in [0.15, 0.2) is 17.3 Å². The number of hydrogen-bond donors (Lipinski definition) is 4. The molecule has 0 radical (unpaired) electrons. The van der Waals surface area contributed by atoms with Crippen molar-refractivity contribution in [3.05, 3.63) is 40.9 Å². The van der Waals surface area contributed by atoms with Crippen LogP contribution in [0.5, 0.6) is 0 Å². The summed E-state index contributed by atoms with van der Waals surface area (Å²) in [6.07, 6.45) is 3.46. The molecule has 11 nitrogen and oxygen atoms in total. The Morgan fingerprint density at radius 3 is 2.79 bits per heavy atom. The lowest BCUT2D eigenvalue weighted by atomic mass is 10.2. The maximum absolute atomic E-state index is 11.8. The first-order chi connectivity index (χ1) is 13.3. The number of fused-ring (bicyclic) bond motifs is 1. The smallest absolute Gasteiger partial charge is 0.270 e. The Morgan fingerprint density at radius 1 is 1.39 bits per heavy atom. The number of carbonyl (C=O) groups is 1. The number of aliphatic hydroxyl groups excluding tert-OH is 1. The van der Waals surface area contributed by atoms with Crippen molar-refractivity contribution >= 4 is 22.5 Å².